The fraction of sp³-hybridized carbons (Fsp3) is 0.471. The fourth-order valence-corrected chi connectivity index (χ4v) is 3.72. The van der Waals surface area contributed by atoms with E-state index < -0.39 is 0 Å². The van der Waals surface area contributed by atoms with Crippen molar-refractivity contribution in [1.29, 1.82) is 0 Å². The van der Waals surface area contributed by atoms with E-state index in [1.807, 2.05) is 13.0 Å². The minimum Gasteiger partial charge on any atom is -0.466 e. The molecule has 6 nitrogen and oxygen atoms in total. The Balaban J connectivity index is 1.66. The highest BCUT2D eigenvalue weighted by Gasteiger charge is 2.26. The first-order chi connectivity index (χ1) is 12.5. The SMILES string of the molecule is CCOC(=O)C1CCN(Cn2[nH]c(-c3ccc(Cl)cc3Cl)nc2=S)CC1. The van der Waals surface area contributed by atoms with E-state index in [-0.39, 0.29) is 11.9 Å². The van der Waals surface area contributed by atoms with Gasteiger partial charge in [-0.05, 0) is 50.2 Å². The summed E-state index contributed by atoms with van der Waals surface area (Å²) in [6.07, 6.45) is 1.58. The lowest BCUT2D eigenvalue weighted by Crippen LogP contribution is -2.38. The van der Waals surface area contributed by atoms with Crippen LogP contribution in [0.2, 0.25) is 10.0 Å². The Kier molecular flexibility index (Phi) is 6.34. The van der Waals surface area contributed by atoms with E-state index in [1.54, 1.807) is 16.8 Å². The first-order valence-electron chi connectivity index (χ1n) is 8.49. The second kappa shape index (κ2) is 8.52. The standard InChI is InChI=1S/C17H20Cl2N4O2S/c1-2-25-16(24)11-5-7-22(8-6-11)10-23-17(26)20-15(21-23)13-4-3-12(18)9-14(13)19/h3-4,9,11H,2,5-8,10H2,1H3,(H,20,21,26). The number of halogens is 2. The summed E-state index contributed by atoms with van der Waals surface area (Å²) in [5, 5.41) is 4.29. The molecule has 26 heavy (non-hydrogen) atoms. The van der Waals surface area contributed by atoms with Crippen molar-refractivity contribution >= 4 is 41.4 Å². The summed E-state index contributed by atoms with van der Waals surface area (Å²) in [5.41, 5.74) is 0.752. The summed E-state index contributed by atoms with van der Waals surface area (Å²) in [5.74, 6) is 0.507. The Hall–Kier alpha value is -1.41. The Morgan fingerprint density at radius 2 is 2.12 bits per heavy atom. The van der Waals surface area contributed by atoms with Crippen molar-refractivity contribution in [2.24, 2.45) is 5.92 Å². The van der Waals surface area contributed by atoms with Crippen LogP contribution in [0.25, 0.3) is 11.4 Å². The van der Waals surface area contributed by atoms with E-state index in [4.69, 9.17) is 40.2 Å². The molecule has 0 aliphatic carbocycles. The second-order valence-electron chi connectivity index (χ2n) is 6.19. The number of carbonyl (C=O) groups excluding carboxylic acids is 1. The molecule has 1 N–H and O–H groups in total. The smallest absolute Gasteiger partial charge is 0.309 e. The molecule has 3 rings (SSSR count). The monoisotopic (exact) mass is 414 g/mol. The van der Waals surface area contributed by atoms with E-state index in [0.29, 0.717) is 33.9 Å². The van der Waals surface area contributed by atoms with Crippen molar-refractivity contribution < 1.29 is 9.53 Å². The number of aromatic nitrogens is 3. The minimum atomic E-state index is -0.0926. The molecule has 0 spiro atoms. The van der Waals surface area contributed by atoms with E-state index in [0.717, 1.165) is 31.5 Å². The van der Waals surface area contributed by atoms with Crippen LogP contribution in [0.5, 0.6) is 0 Å². The number of esters is 1. The van der Waals surface area contributed by atoms with Gasteiger partial charge in [-0.3, -0.25) is 14.8 Å². The quantitative estimate of drug-likeness (QED) is 0.587. The van der Waals surface area contributed by atoms with E-state index in [9.17, 15) is 4.79 Å². The van der Waals surface area contributed by atoms with Crippen molar-refractivity contribution in [3.63, 3.8) is 0 Å². The number of ether oxygens (including phenoxy) is 1. The number of nitrogens with zero attached hydrogens (tertiary/aromatic N) is 3. The van der Waals surface area contributed by atoms with Gasteiger partial charge in [-0.2, -0.15) is 4.98 Å². The van der Waals surface area contributed by atoms with Gasteiger partial charge in [0.25, 0.3) is 0 Å². The number of nitrogens with one attached hydrogen (secondary N) is 1. The van der Waals surface area contributed by atoms with Gasteiger partial charge in [0.05, 0.1) is 24.2 Å². The number of H-pyrrole nitrogens is 1. The molecule has 0 amide bonds. The normalized spacial score (nSPS) is 16.0. The molecule has 9 heteroatoms. The van der Waals surface area contributed by atoms with Crippen LogP contribution in [0.1, 0.15) is 19.8 Å². The Bertz CT molecular complexity index is 844. The number of aromatic amines is 1. The van der Waals surface area contributed by atoms with Crippen molar-refractivity contribution in [2.75, 3.05) is 19.7 Å². The first-order valence-corrected chi connectivity index (χ1v) is 9.65. The predicted molar refractivity (Wildman–Crippen MR) is 104 cm³/mol. The highest BCUT2D eigenvalue weighted by atomic mass is 35.5. The van der Waals surface area contributed by atoms with Crippen LogP contribution in [-0.4, -0.2) is 45.3 Å². The molecule has 0 atom stereocenters. The number of hydrogen-bond donors (Lipinski definition) is 1. The third kappa shape index (κ3) is 4.46. The topological polar surface area (TPSA) is 63.1 Å². The molecule has 140 valence electrons. The van der Waals surface area contributed by atoms with Crippen molar-refractivity contribution in [3.05, 3.63) is 33.0 Å². The lowest BCUT2D eigenvalue weighted by molar-refractivity contribution is -0.149. The molecule has 1 fully saturated rings. The van der Waals surface area contributed by atoms with Gasteiger partial charge in [0, 0.05) is 23.7 Å². The Morgan fingerprint density at radius 3 is 2.77 bits per heavy atom. The van der Waals surface area contributed by atoms with Crippen LogP contribution in [0.3, 0.4) is 0 Å². The van der Waals surface area contributed by atoms with Gasteiger partial charge in [-0.1, -0.05) is 23.2 Å². The Labute approximate surface area is 167 Å². The summed E-state index contributed by atoms with van der Waals surface area (Å²) < 4.78 is 7.37. The average molecular weight is 415 g/mol. The molecule has 1 aromatic carbocycles. The van der Waals surface area contributed by atoms with Gasteiger partial charge in [-0.25, -0.2) is 4.68 Å². The molecule has 1 aliphatic heterocycles. The molecule has 0 unspecified atom stereocenters. The summed E-state index contributed by atoms with van der Waals surface area (Å²) in [6, 6.07) is 5.25. The molecule has 0 bridgehead atoms. The second-order valence-corrected chi connectivity index (χ2v) is 7.40. The van der Waals surface area contributed by atoms with Gasteiger partial charge < -0.3 is 4.74 Å². The molecule has 1 aromatic heterocycles. The van der Waals surface area contributed by atoms with Crippen molar-refractivity contribution in [1.82, 2.24) is 19.7 Å². The zero-order valence-electron chi connectivity index (χ0n) is 14.4. The molecule has 2 heterocycles. The number of piperidine rings is 1. The van der Waals surface area contributed by atoms with Crippen LogP contribution < -0.4 is 0 Å². The van der Waals surface area contributed by atoms with Gasteiger partial charge in [0.15, 0.2) is 5.82 Å². The maximum Gasteiger partial charge on any atom is 0.309 e. The highest BCUT2D eigenvalue weighted by molar-refractivity contribution is 7.71. The summed E-state index contributed by atoms with van der Waals surface area (Å²) in [6.45, 7) is 4.46. The highest BCUT2D eigenvalue weighted by Crippen LogP contribution is 2.28. The largest absolute Gasteiger partial charge is 0.466 e. The Morgan fingerprint density at radius 1 is 1.38 bits per heavy atom. The number of benzene rings is 1. The van der Waals surface area contributed by atoms with Gasteiger partial charge in [-0.15, -0.1) is 0 Å². The molecular weight excluding hydrogens is 395 g/mol. The van der Waals surface area contributed by atoms with Crippen LogP contribution in [0, 0.1) is 10.7 Å². The molecule has 1 aliphatic rings. The van der Waals surface area contributed by atoms with Gasteiger partial charge >= 0.3 is 5.97 Å². The summed E-state index contributed by atoms with van der Waals surface area (Å²) in [7, 11) is 0. The zero-order valence-corrected chi connectivity index (χ0v) is 16.7. The zero-order chi connectivity index (χ0) is 18.7. The third-order valence-corrected chi connectivity index (χ3v) is 5.27. The van der Waals surface area contributed by atoms with Crippen LogP contribution in [-0.2, 0) is 16.2 Å². The molecule has 1 saturated heterocycles. The molecule has 0 radical (unpaired) electrons. The lowest BCUT2D eigenvalue weighted by Gasteiger charge is -2.30. The van der Waals surface area contributed by atoms with Gasteiger partial charge in [0.2, 0.25) is 4.77 Å². The first kappa shape index (κ1) is 19.4. The number of carbonyl (C=O) groups is 1. The van der Waals surface area contributed by atoms with Crippen LogP contribution >= 0.6 is 35.4 Å². The van der Waals surface area contributed by atoms with Crippen molar-refractivity contribution in [3.8, 4) is 11.4 Å². The molecular formula is C17H20Cl2N4O2S. The van der Waals surface area contributed by atoms with Gasteiger partial charge in [0.1, 0.15) is 0 Å². The number of likely N-dealkylation sites (tertiary alicyclic amines) is 1. The lowest BCUT2D eigenvalue weighted by atomic mass is 9.97. The minimum absolute atomic E-state index is 0.00984. The van der Waals surface area contributed by atoms with Crippen molar-refractivity contribution in [2.45, 2.75) is 26.4 Å². The van der Waals surface area contributed by atoms with Crippen LogP contribution in [0.15, 0.2) is 18.2 Å². The van der Waals surface area contributed by atoms with E-state index in [1.165, 1.54) is 0 Å². The maximum atomic E-state index is 11.8. The number of hydrogen-bond acceptors (Lipinski definition) is 5. The molecule has 2 aromatic rings. The number of rotatable bonds is 5. The maximum absolute atomic E-state index is 11.8. The summed E-state index contributed by atoms with van der Waals surface area (Å²) in [4.78, 5) is 18.5. The van der Waals surface area contributed by atoms with Crippen LogP contribution in [0.4, 0.5) is 0 Å². The average Bonchev–Trinajstić information content (AvgIpc) is 2.96. The third-order valence-electron chi connectivity index (χ3n) is 4.41. The summed E-state index contributed by atoms with van der Waals surface area (Å²) >= 11 is 17.6. The predicted octanol–water partition coefficient (Wildman–Crippen LogP) is 4.15. The fourth-order valence-electron chi connectivity index (χ4n) is 3.02. The van der Waals surface area contributed by atoms with E-state index in [2.05, 4.69) is 15.0 Å². The van der Waals surface area contributed by atoms with E-state index >= 15 is 0 Å². The molecule has 0 saturated carbocycles.